The van der Waals surface area contributed by atoms with Crippen molar-refractivity contribution in [2.75, 3.05) is 0 Å². The third-order valence-corrected chi connectivity index (χ3v) is 4.16. The van der Waals surface area contributed by atoms with E-state index >= 15 is 0 Å². The van der Waals surface area contributed by atoms with Gasteiger partial charge in [-0.1, -0.05) is 59.8 Å². The van der Waals surface area contributed by atoms with E-state index in [-0.39, 0.29) is 0 Å². The molecule has 0 spiro atoms. The van der Waals surface area contributed by atoms with Crippen molar-refractivity contribution in [3.63, 3.8) is 0 Å². The third-order valence-electron chi connectivity index (χ3n) is 4.16. The normalized spacial score (nSPS) is 28.0. The molecule has 0 aromatic rings. The summed E-state index contributed by atoms with van der Waals surface area (Å²) < 4.78 is 0. The van der Waals surface area contributed by atoms with Crippen LogP contribution in [0.5, 0.6) is 0 Å². The van der Waals surface area contributed by atoms with Crippen LogP contribution in [0.2, 0.25) is 0 Å². The molecule has 0 heterocycles. The minimum Gasteiger partial charge on any atom is -0.0599 e. The van der Waals surface area contributed by atoms with Gasteiger partial charge < -0.3 is 0 Å². The van der Waals surface area contributed by atoms with Gasteiger partial charge >= 0.3 is 0 Å². The number of hydrogen-bond acceptors (Lipinski definition) is 0. The van der Waals surface area contributed by atoms with E-state index in [4.69, 9.17) is 0 Å². The molecule has 15 heavy (non-hydrogen) atoms. The first kappa shape index (κ1) is 13.1. The van der Waals surface area contributed by atoms with Gasteiger partial charge in [0.1, 0.15) is 0 Å². The molecule has 0 aromatic heterocycles. The molecule has 1 rings (SSSR count). The molecule has 0 atom stereocenters. The van der Waals surface area contributed by atoms with Crippen LogP contribution in [0, 0.1) is 10.8 Å². The Balaban J connectivity index is 2.47. The zero-order chi connectivity index (χ0) is 11.4. The fourth-order valence-corrected chi connectivity index (χ4v) is 2.86. The summed E-state index contributed by atoms with van der Waals surface area (Å²) in [5.74, 6) is 0. The summed E-state index contributed by atoms with van der Waals surface area (Å²) in [7, 11) is 0. The first-order valence-electron chi connectivity index (χ1n) is 6.91. The van der Waals surface area contributed by atoms with Gasteiger partial charge in [-0.15, -0.1) is 0 Å². The first-order valence-corrected chi connectivity index (χ1v) is 6.91. The zero-order valence-electron chi connectivity index (χ0n) is 11.4. The summed E-state index contributed by atoms with van der Waals surface area (Å²) >= 11 is 0. The lowest BCUT2D eigenvalue weighted by Gasteiger charge is -2.27. The molecule has 1 saturated carbocycles. The standard InChI is InChI=1S/C15H30/c1-14(2)10-7-5-6-8-11-15(3,4)13-9-12-14/h5-13H2,1-4H3. The van der Waals surface area contributed by atoms with E-state index in [1.807, 2.05) is 0 Å². The summed E-state index contributed by atoms with van der Waals surface area (Å²) in [6, 6.07) is 0. The molecule has 1 fully saturated rings. The predicted molar refractivity (Wildman–Crippen MR) is 69.1 cm³/mol. The zero-order valence-corrected chi connectivity index (χ0v) is 11.4. The molecule has 0 aliphatic heterocycles. The van der Waals surface area contributed by atoms with Gasteiger partial charge in [-0.25, -0.2) is 0 Å². The van der Waals surface area contributed by atoms with Crippen LogP contribution in [0.15, 0.2) is 0 Å². The second kappa shape index (κ2) is 5.37. The molecule has 0 aromatic carbocycles. The van der Waals surface area contributed by atoms with Crippen LogP contribution >= 0.6 is 0 Å². The Labute approximate surface area is 96.8 Å². The molecular weight excluding hydrogens is 180 g/mol. The number of hydrogen-bond donors (Lipinski definition) is 0. The molecule has 0 radical (unpaired) electrons. The average molecular weight is 210 g/mol. The Morgan fingerprint density at radius 3 is 1.20 bits per heavy atom. The molecule has 0 amide bonds. The van der Waals surface area contributed by atoms with E-state index in [0.29, 0.717) is 10.8 Å². The Morgan fingerprint density at radius 1 is 0.467 bits per heavy atom. The predicted octanol–water partition coefficient (Wildman–Crippen LogP) is 5.56. The van der Waals surface area contributed by atoms with E-state index in [0.717, 1.165) is 0 Å². The molecular formula is C15H30. The molecule has 0 saturated heterocycles. The van der Waals surface area contributed by atoms with Crippen molar-refractivity contribution in [3.05, 3.63) is 0 Å². The summed E-state index contributed by atoms with van der Waals surface area (Å²) in [6.45, 7) is 9.82. The third kappa shape index (κ3) is 5.58. The highest BCUT2D eigenvalue weighted by Crippen LogP contribution is 2.36. The summed E-state index contributed by atoms with van der Waals surface area (Å²) in [5, 5.41) is 0. The molecule has 0 N–H and O–H groups in total. The van der Waals surface area contributed by atoms with Crippen molar-refractivity contribution in [2.45, 2.75) is 85.5 Å². The van der Waals surface area contributed by atoms with Crippen molar-refractivity contribution >= 4 is 0 Å². The molecule has 1 aliphatic rings. The van der Waals surface area contributed by atoms with Crippen molar-refractivity contribution in [1.29, 1.82) is 0 Å². The lowest BCUT2D eigenvalue weighted by molar-refractivity contribution is 0.247. The van der Waals surface area contributed by atoms with Gasteiger partial charge in [-0.2, -0.15) is 0 Å². The fourth-order valence-electron chi connectivity index (χ4n) is 2.86. The van der Waals surface area contributed by atoms with E-state index in [2.05, 4.69) is 27.7 Å². The van der Waals surface area contributed by atoms with Crippen molar-refractivity contribution in [2.24, 2.45) is 10.8 Å². The Bertz CT molecular complexity index is 156. The first-order chi connectivity index (χ1) is 6.91. The smallest absolute Gasteiger partial charge is 0.0354 e. The summed E-state index contributed by atoms with van der Waals surface area (Å²) in [4.78, 5) is 0. The monoisotopic (exact) mass is 210 g/mol. The highest BCUT2D eigenvalue weighted by Gasteiger charge is 2.22. The quantitative estimate of drug-likeness (QED) is 0.491. The van der Waals surface area contributed by atoms with Gasteiger partial charge in [-0.3, -0.25) is 0 Å². The molecule has 0 bridgehead atoms. The fraction of sp³-hybridized carbons (Fsp3) is 1.00. The maximum Gasteiger partial charge on any atom is -0.0354 e. The lowest BCUT2D eigenvalue weighted by Crippen LogP contribution is -2.14. The van der Waals surface area contributed by atoms with Gasteiger partial charge in [0, 0.05) is 0 Å². The highest BCUT2D eigenvalue weighted by molar-refractivity contribution is 4.74. The molecule has 1 aliphatic carbocycles. The van der Waals surface area contributed by atoms with E-state index in [1.54, 1.807) is 0 Å². The van der Waals surface area contributed by atoms with Crippen LogP contribution in [0.3, 0.4) is 0 Å². The van der Waals surface area contributed by atoms with Gasteiger partial charge in [0.2, 0.25) is 0 Å². The van der Waals surface area contributed by atoms with Crippen LogP contribution in [-0.4, -0.2) is 0 Å². The average Bonchev–Trinajstić information content (AvgIpc) is 2.11. The summed E-state index contributed by atoms with van der Waals surface area (Å²) in [5.41, 5.74) is 1.20. The Kier molecular flexibility index (Phi) is 4.67. The van der Waals surface area contributed by atoms with Gasteiger partial charge in [0.05, 0.1) is 0 Å². The minimum atomic E-state index is 0.598. The van der Waals surface area contributed by atoms with Crippen LogP contribution in [0.4, 0.5) is 0 Å². The molecule has 0 nitrogen and oxygen atoms in total. The van der Waals surface area contributed by atoms with Gasteiger partial charge in [0.15, 0.2) is 0 Å². The number of rotatable bonds is 0. The van der Waals surface area contributed by atoms with E-state index in [9.17, 15) is 0 Å². The van der Waals surface area contributed by atoms with Crippen molar-refractivity contribution in [3.8, 4) is 0 Å². The molecule has 90 valence electrons. The maximum atomic E-state index is 2.46. The van der Waals surface area contributed by atoms with Crippen LogP contribution < -0.4 is 0 Å². The van der Waals surface area contributed by atoms with E-state index in [1.165, 1.54) is 57.8 Å². The largest absolute Gasteiger partial charge is 0.0599 e. The Morgan fingerprint density at radius 2 is 0.800 bits per heavy atom. The topological polar surface area (TPSA) is 0 Å². The minimum absolute atomic E-state index is 0.598. The highest BCUT2D eigenvalue weighted by atomic mass is 14.3. The second-order valence-corrected chi connectivity index (χ2v) is 7.10. The molecule has 0 unspecified atom stereocenters. The SMILES string of the molecule is CC1(C)CCCCCCC(C)(C)CCC1. The van der Waals surface area contributed by atoms with Crippen molar-refractivity contribution < 1.29 is 0 Å². The second-order valence-electron chi connectivity index (χ2n) is 7.10. The van der Waals surface area contributed by atoms with Gasteiger partial charge in [-0.05, 0) is 36.5 Å². The lowest BCUT2D eigenvalue weighted by atomic mass is 9.78. The van der Waals surface area contributed by atoms with Gasteiger partial charge in [0.25, 0.3) is 0 Å². The molecule has 0 heteroatoms. The maximum absolute atomic E-state index is 2.46. The van der Waals surface area contributed by atoms with Crippen LogP contribution in [0.1, 0.15) is 85.5 Å². The van der Waals surface area contributed by atoms with Crippen LogP contribution in [0.25, 0.3) is 0 Å². The van der Waals surface area contributed by atoms with Crippen molar-refractivity contribution in [1.82, 2.24) is 0 Å². The summed E-state index contributed by atoms with van der Waals surface area (Å²) in [6.07, 6.45) is 13.0. The van der Waals surface area contributed by atoms with E-state index < -0.39 is 0 Å². The Hall–Kier alpha value is 0. The van der Waals surface area contributed by atoms with Crippen LogP contribution in [-0.2, 0) is 0 Å².